The summed E-state index contributed by atoms with van der Waals surface area (Å²) >= 11 is 12.1. The van der Waals surface area contributed by atoms with E-state index in [2.05, 4.69) is 20.0 Å². The highest BCUT2D eigenvalue weighted by Gasteiger charge is 2.23. The molecule has 0 radical (unpaired) electrons. The van der Waals surface area contributed by atoms with E-state index in [1.54, 1.807) is 31.2 Å². The Bertz CT molecular complexity index is 1510. The number of para-hydroxylation sites is 1. The average Bonchev–Trinajstić information content (AvgIpc) is 2.78. The zero-order valence-corrected chi connectivity index (χ0v) is 19.9. The molecule has 0 fully saturated rings. The largest absolute Gasteiger partial charge is 0.345 e. The van der Waals surface area contributed by atoms with E-state index in [9.17, 15) is 17.6 Å². The lowest BCUT2D eigenvalue weighted by molar-refractivity contribution is 0.0941. The van der Waals surface area contributed by atoms with Gasteiger partial charge in [0.05, 0.1) is 22.8 Å². The Labute approximate surface area is 205 Å². The van der Waals surface area contributed by atoms with Gasteiger partial charge < -0.3 is 5.32 Å². The Morgan fingerprint density at radius 3 is 2.56 bits per heavy atom. The van der Waals surface area contributed by atoms with Gasteiger partial charge in [0.15, 0.2) is 0 Å². The van der Waals surface area contributed by atoms with E-state index in [-0.39, 0.29) is 21.7 Å². The number of hydrogen-bond acceptors (Lipinski definition) is 5. The van der Waals surface area contributed by atoms with Gasteiger partial charge in [0.25, 0.3) is 15.9 Å². The summed E-state index contributed by atoms with van der Waals surface area (Å²) in [5.41, 5.74) is 0.821. The molecule has 0 aliphatic rings. The first-order valence-corrected chi connectivity index (χ1v) is 12.2. The van der Waals surface area contributed by atoms with Crippen molar-refractivity contribution in [2.45, 2.75) is 17.9 Å². The van der Waals surface area contributed by atoms with Crippen LogP contribution in [0.25, 0.3) is 11.0 Å². The van der Waals surface area contributed by atoms with Crippen LogP contribution in [0.3, 0.4) is 0 Å². The van der Waals surface area contributed by atoms with Gasteiger partial charge >= 0.3 is 0 Å². The van der Waals surface area contributed by atoms with E-state index in [1.807, 2.05) is 0 Å². The third-order valence-electron chi connectivity index (χ3n) is 5.00. The molecule has 1 heterocycles. The van der Waals surface area contributed by atoms with Crippen LogP contribution in [0.15, 0.2) is 71.9 Å². The van der Waals surface area contributed by atoms with Crippen molar-refractivity contribution in [3.05, 3.63) is 94.0 Å². The minimum absolute atomic E-state index is 0.0757. The molecular weight excluding hydrogens is 502 g/mol. The van der Waals surface area contributed by atoms with Crippen molar-refractivity contribution in [2.24, 2.45) is 0 Å². The Hall–Kier alpha value is -3.27. The summed E-state index contributed by atoms with van der Waals surface area (Å²) in [6, 6.07) is 12.0. The summed E-state index contributed by atoms with van der Waals surface area (Å²) in [6.07, 6.45) is 2.81. The maximum Gasteiger partial charge on any atom is 0.264 e. The Kier molecular flexibility index (Phi) is 6.70. The fourth-order valence-electron chi connectivity index (χ4n) is 3.39. The maximum absolute atomic E-state index is 14.0. The van der Waals surface area contributed by atoms with Crippen molar-refractivity contribution < 1.29 is 17.6 Å². The molecule has 34 heavy (non-hydrogen) atoms. The van der Waals surface area contributed by atoms with Crippen molar-refractivity contribution in [3.63, 3.8) is 0 Å². The number of anilines is 1. The average molecular weight is 519 g/mol. The van der Waals surface area contributed by atoms with Crippen molar-refractivity contribution in [2.75, 3.05) is 4.72 Å². The molecule has 0 saturated carbocycles. The van der Waals surface area contributed by atoms with Gasteiger partial charge in [-0.3, -0.25) is 19.5 Å². The molecule has 1 amide bonds. The number of aromatic nitrogens is 2. The highest BCUT2D eigenvalue weighted by Crippen LogP contribution is 2.28. The number of nitrogens with one attached hydrogen (secondary N) is 2. The van der Waals surface area contributed by atoms with Crippen molar-refractivity contribution in [1.82, 2.24) is 15.3 Å². The molecule has 1 atom stereocenters. The monoisotopic (exact) mass is 518 g/mol. The standard InChI is InChI=1S/C23H17Cl2FN4O3S/c1-13(16-7-5-14(24)11-18(16)25)29-23(31)17-8-6-15(26)12-20(17)30-34(32,33)21-4-2-3-19-22(21)28-10-9-27-19/h2-13,30H,1H3,(H,29,31)/t13-/m1/s1. The SMILES string of the molecule is C[C@@H](NC(=O)c1ccc(F)cc1NS(=O)(=O)c1cccc2nccnc12)c1ccc(Cl)cc1Cl. The summed E-state index contributed by atoms with van der Waals surface area (Å²) in [5.74, 6) is -1.35. The second-order valence-corrected chi connectivity index (χ2v) is 9.83. The summed E-state index contributed by atoms with van der Waals surface area (Å²) < 4.78 is 42.7. The lowest BCUT2D eigenvalue weighted by Gasteiger charge is -2.18. The van der Waals surface area contributed by atoms with E-state index in [0.717, 1.165) is 12.1 Å². The number of rotatable bonds is 6. The minimum Gasteiger partial charge on any atom is -0.345 e. The first-order chi connectivity index (χ1) is 16.2. The third kappa shape index (κ3) is 4.96. The molecule has 3 aromatic carbocycles. The molecule has 0 saturated heterocycles. The van der Waals surface area contributed by atoms with Gasteiger partial charge in [-0.2, -0.15) is 0 Å². The van der Waals surface area contributed by atoms with Crippen molar-refractivity contribution >= 4 is 55.9 Å². The number of fused-ring (bicyclic) bond motifs is 1. The van der Waals surface area contributed by atoms with Gasteiger partial charge in [-0.25, -0.2) is 12.8 Å². The van der Waals surface area contributed by atoms with Gasteiger partial charge in [-0.05, 0) is 55.0 Å². The fourth-order valence-corrected chi connectivity index (χ4v) is 5.20. The molecule has 174 valence electrons. The predicted octanol–water partition coefficient (Wildman–Crippen LogP) is 5.37. The normalized spacial score (nSPS) is 12.4. The summed E-state index contributed by atoms with van der Waals surface area (Å²) in [5, 5.41) is 3.55. The lowest BCUT2D eigenvalue weighted by atomic mass is 10.1. The molecule has 7 nitrogen and oxygen atoms in total. The minimum atomic E-state index is -4.24. The molecule has 4 aromatic rings. The van der Waals surface area contributed by atoms with Crippen LogP contribution < -0.4 is 10.0 Å². The van der Waals surface area contributed by atoms with E-state index in [0.29, 0.717) is 21.1 Å². The zero-order chi connectivity index (χ0) is 24.5. The smallest absolute Gasteiger partial charge is 0.264 e. The number of hydrogen-bond donors (Lipinski definition) is 2. The fraction of sp³-hybridized carbons (Fsp3) is 0.0870. The zero-order valence-electron chi connectivity index (χ0n) is 17.6. The van der Waals surface area contributed by atoms with Crippen molar-refractivity contribution in [1.29, 1.82) is 0 Å². The van der Waals surface area contributed by atoms with E-state index >= 15 is 0 Å². The van der Waals surface area contributed by atoms with E-state index < -0.39 is 27.8 Å². The van der Waals surface area contributed by atoms with Crippen molar-refractivity contribution in [3.8, 4) is 0 Å². The van der Waals surface area contributed by atoms with Crippen LogP contribution >= 0.6 is 23.2 Å². The number of sulfonamides is 1. The molecule has 11 heteroatoms. The summed E-state index contributed by atoms with van der Waals surface area (Å²) in [6.45, 7) is 1.70. The van der Waals surface area contributed by atoms with Gasteiger partial charge in [0, 0.05) is 22.4 Å². The highest BCUT2D eigenvalue weighted by molar-refractivity contribution is 7.93. The first-order valence-electron chi connectivity index (χ1n) is 9.93. The Morgan fingerprint density at radius 2 is 1.79 bits per heavy atom. The number of carbonyl (C=O) groups excluding carboxylic acids is 1. The Morgan fingerprint density at radius 1 is 1.03 bits per heavy atom. The van der Waals surface area contributed by atoms with Gasteiger partial charge in [0.1, 0.15) is 16.2 Å². The number of benzene rings is 3. The summed E-state index contributed by atoms with van der Waals surface area (Å²) in [7, 11) is -4.24. The van der Waals surface area contributed by atoms with Crippen LogP contribution in [0.1, 0.15) is 28.9 Å². The highest BCUT2D eigenvalue weighted by atomic mass is 35.5. The van der Waals surface area contributed by atoms with Crippen LogP contribution in [0.5, 0.6) is 0 Å². The molecular formula is C23H17Cl2FN4O3S. The molecule has 0 bridgehead atoms. The molecule has 0 aliphatic heterocycles. The van der Waals surface area contributed by atoms with E-state index in [1.165, 1.54) is 30.6 Å². The topological polar surface area (TPSA) is 101 Å². The molecule has 0 spiro atoms. The molecule has 4 rings (SSSR count). The molecule has 0 aliphatic carbocycles. The van der Waals surface area contributed by atoms with Crippen LogP contribution in [0.2, 0.25) is 10.0 Å². The lowest BCUT2D eigenvalue weighted by Crippen LogP contribution is -2.28. The number of nitrogens with zero attached hydrogens (tertiary/aromatic N) is 2. The molecule has 2 N–H and O–H groups in total. The van der Waals surface area contributed by atoms with E-state index in [4.69, 9.17) is 23.2 Å². The second-order valence-electron chi connectivity index (χ2n) is 7.34. The second kappa shape index (κ2) is 9.54. The third-order valence-corrected chi connectivity index (χ3v) is 6.96. The number of halogens is 3. The number of carbonyl (C=O) groups is 1. The van der Waals surface area contributed by atoms with Crippen LogP contribution in [-0.2, 0) is 10.0 Å². The quantitative estimate of drug-likeness (QED) is 0.357. The van der Waals surface area contributed by atoms with Gasteiger partial charge in [-0.15, -0.1) is 0 Å². The summed E-state index contributed by atoms with van der Waals surface area (Å²) in [4.78, 5) is 21.0. The van der Waals surface area contributed by atoms with Crippen LogP contribution in [0.4, 0.5) is 10.1 Å². The first kappa shape index (κ1) is 23.9. The molecule has 1 aromatic heterocycles. The number of amides is 1. The Balaban J connectivity index is 1.66. The maximum atomic E-state index is 14.0. The molecule has 0 unspecified atom stereocenters. The van der Waals surface area contributed by atoms with Gasteiger partial charge in [0.2, 0.25) is 0 Å². The predicted molar refractivity (Wildman–Crippen MR) is 129 cm³/mol. The van der Waals surface area contributed by atoms with Crippen LogP contribution in [-0.4, -0.2) is 24.3 Å². The van der Waals surface area contributed by atoms with Gasteiger partial charge in [-0.1, -0.05) is 35.3 Å². The van der Waals surface area contributed by atoms with Crippen LogP contribution in [0, 0.1) is 5.82 Å².